The number of fused-ring (bicyclic) bond motifs is 7. The van der Waals surface area contributed by atoms with Gasteiger partial charge in [0.25, 0.3) is 6.71 Å². The minimum atomic E-state index is 0.0979. The fraction of sp³-hybridized carbons (Fsp3) is 0.167. The summed E-state index contributed by atoms with van der Waals surface area (Å²) in [5.41, 5.74) is 19.4. The number of aryl methyl sites for hydroxylation is 2. The number of allylic oxidation sites excluding steroid dienone is 2. The predicted octanol–water partition coefficient (Wildman–Crippen LogP) is 9.54. The maximum Gasteiger partial charge on any atom is 0.256 e. The summed E-state index contributed by atoms with van der Waals surface area (Å²) in [6, 6.07) is 41.0. The van der Waals surface area contributed by atoms with Gasteiger partial charge in [0.15, 0.2) is 0 Å². The average Bonchev–Trinajstić information content (AvgIpc) is 3.79. The Morgan fingerprint density at radius 2 is 1.66 bits per heavy atom. The molecule has 0 N–H and O–H groups in total. The monoisotopic (exact) mass is 685 g/mol. The minimum Gasteiger partial charge on any atom is -0.458 e. The lowest BCUT2D eigenvalue weighted by Crippen LogP contribution is -2.60. The van der Waals surface area contributed by atoms with Crippen molar-refractivity contribution in [3.05, 3.63) is 155 Å². The molecule has 0 amide bonds. The summed E-state index contributed by atoms with van der Waals surface area (Å²) in [4.78, 5) is 2.65. The van der Waals surface area contributed by atoms with Crippen LogP contribution in [-0.2, 0) is 13.5 Å². The van der Waals surface area contributed by atoms with E-state index in [2.05, 4.69) is 175 Å². The van der Waals surface area contributed by atoms with Crippen LogP contribution in [-0.4, -0.2) is 21.9 Å². The van der Waals surface area contributed by atoms with Gasteiger partial charge in [-0.2, -0.15) is 0 Å². The molecule has 0 saturated carbocycles. The van der Waals surface area contributed by atoms with Gasteiger partial charge in [-0.25, -0.2) is 0 Å². The third-order valence-electron chi connectivity index (χ3n) is 12.4. The van der Waals surface area contributed by atoms with E-state index in [1.54, 1.807) is 0 Å². The van der Waals surface area contributed by atoms with E-state index in [0.717, 1.165) is 24.3 Å². The molecule has 2 unspecified atom stereocenters. The Kier molecular flexibility index (Phi) is 6.53. The molecule has 0 radical (unpaired) electrons. The Morgan fingerprint density at radius 1 is 0.830 bits per heavy atom. The number of para-hydroxylation sites is 3. The summed E-state index contributed by atoms with van der Waals surface area (Å²) in [6.07, 6.45) is 11.2. The van der Waals surface area contributed by atoms with Gasteiger partial charge in [-0.15, -0.1) is 0 Å². The molecule has 256 valence electrons. The maximum atomic E-state index is 6.90. The van der Waals surface area contributed by atoms with E-state index in [9.17, 15) is 0 Å². The summed E-state index contributed by atoms with van der Waals surface area (Å²) in [5, 5.41) is 1.35. The van der Waals surface area contributed by atoms with Gasteiger partial charge in [-0.05, 0) is 132 Å². The summed E-state index contributed by atoms with van der Waals surface area (Å²) in [6.45, 7) is 6.85. The molecule has 4 nitrogen and oxygen atoms in total. The van der Waals surface area contributed by atoms with E-state index in [1.165, 1.54) is 89.3 Å². The molecule has 2 atom stereocenters. The fourth-order valence-corrected chi connectivity index (χ4v) is 10.2. The zero-order valence-electron chi connectivity index (χ0n) is 30.6. The Balaban J connectivity index is 1.12. The van der Waals surface area contributed by atoms with Crippen LogP contribution in [0.5, 0.6) is 11.5 Å². The number of benzene rings is 5. The maximum absolute atomic E-state index is 6.90. The lowest BCUT2D eigenvalue weighted by molar-refractivity contribution is 0.487. The van der Waals surface area contributed by atoms with Crippen LogP contribution in [0.25, 0.3) is 39.9 Å². The molecule has 11 rings (SSSR count). The van der Waals surface area contributed by atoms with Gasteiger partial charge >= 0.3 is 0 Å². The number of hydrogen-bond acceptors (Lipinski definition) is 2. The van der Waals surface area contributed by atoms with Gasteiger partial charge in [-0.3, -0.25) is 0 Å². The number of hydrogen-bond donors (Lipinski definition) is 0. The highest BCUT2D eigenvalue weighted by atomic mass is 16.5. The lowest BCUT2D eigenvalue weighted by atomic mass is 9.34. The Hall–Kier alpha value is -5.94. The van der Waals surface area contributed by atoms with Crippen LogP contribution in [0.1, 0.15) is 60.0 Å². The Morgan fingerprint density at radius 3 is 2.57 bits per heavy atom. The molecule has 5 heteroatoms. The highest BCUT2D eigenvalue weighted by molar-refractivity contribution is 6.99. The van der Waals surface area contributed by atoms with Crippen molar-refractivity contribution in [2.24, 2.45) is 7.05 Å². The SMILES string of the molecule is C/C=C\c1c(C)cc(C2c3cccc4c3N(c3cc(-c5cccc(-n6c7c(c8ccccc86)CCC=C7)c5)cc5c3B4c3ccccc3O5)C2C)n1C. The topological polar surface area (TPSA) is 22.3 Å². The number of anilines is 2. The number of nitrogens with zero attached hydrogens (tertiary/aromatic N) is 3. The second kappa shape index (κ2) is 11.3. The smallest absolute Gasteiger partial charge is 0.256 e. The molecule has 0 spiro atoms. The molecule has 0 fully saturated rings. The third-order valence-corrected chi connectivity index (χ3v) is 12.4. The van der Waals surface area contributed by atoms with Crippen molar-refractivity contribution >= 4 is 57.5 Å². The number of rotatable bonds is 4. The van der Waals surface area contributed by atoms with Crippen LogP contribution in [0.3, 0.4) is 0 Å². The second-order valence-corrected chi connectivity index (χ2v) is 15.3. The van der Waals surface area contributed by atoms with Crippen molar-refractivity contribution in [2.45, 2.75) is 45.6 Å². The summed E-state index contributed by atoms with van der Waals surface area (Å²) < 4.78 is 11.8. The first-order chi connectivity index (χ1) is 26.0. The van der Waals surface area contributed by atoms with E-state index in [-0.39, 0.29) is 18.7 Å². The number of aromatic nitrogens is 2. The van der Waals surface area contributed by atoms with Crippen LogP contribution < -0.4 is 26.0 Å². The third kappa shape index (κ3) is 4.19. The molecule has 7 aromatic rings. The van der Waals surface area contributed by atoms with Gasteiger partial charge in [0.2, 0.25) is 0 Å². The van der Waals surface area contributed by atoms with Crippen LogP contribution in [0.2, 0.25) is 0 Å². The van der Waals surface area contributed by atoms with Crippen LogP contribution >= 0.6 is 0 Å². The van der Waals surface area contributed by atoms with Crippen molar-refractivity contribution in [1.82, 2.24) is 9.13 Å². The van der Waals surface area contributed by atoms with Crippen LogP contribution in [0.15, 0.2) is 121 Å². The summed E-state index contributed by atoms with van der Waals surface area (Å²) in [7, 11) is 2.23. The average molecular weight is 686 g/mol. The first-order valence-electron chi connectivity index (χ1n) is 19.1. The number of ether oxygens (including phenoxy) is 1. The molecular formula is C48H40BN3O. The summed E-state index contributed by atoms with van der Waals surface area (Å²) in [5.74, 6) is 2.12. The van der Waals surface area contributed by atoms with Crippen molar-refractivity contribution in [3.8, 4) is 28.3 Å². The van der Waals surface area contributed by atoms with Crippen molar-refractivity contribution < 1.29 is 4.74 Å². The molecule has 0 bridgehead atoms. The quantitative estimate of drug-likeness (QED) is 0.172. The molecule has 3 aliphatic heterocycles. The Bertz CT molecular complexity index is 2740. The van der Waals surface area contributed by atoms with Gasteiger partial charge < -0.3 is 18.8 Å². The Labute approximate surface area is 311 Å². The van der Waals surface area contributed by atoms with Crippen LogP contribution in [0, 0.1) is 6.92 Å². The standard InChI is InChI=1S/C48H40BN3O/c1-5-14-39-29(2)25-42(50(39)4)46-30(3)51-43-27-32(28-45-47(43)49(37-20-8-11-24-44(37)53-45)38-21-13-19-36(46)48(38)51)31-15-12-16-33(26-31)52-40-22-9-6-17-34(40)35-18-7-10-23-41(35)52/h5-6,8-17,19-28,30,46H,7,18H2,1-4H3/b14-5-. The van der Waals surface area contributed by atoms with Gasteiger partial charge in [0.1, 0.15) is 11.5 Å². The highest BCUT2D eigenvalue weighted by Gasteiger charge is 2.49. The molecule has 5 heterocycles. The molecule has 0 saturated heterocycles. The first-order valence-corrected chi connectivity index (χ1v) is 19.1. The minimum absolute atomic E-state index is 0.0979. The molecule has 53 heavy (non-hydrogen) atoms. The molecule has 1 aliphatic carbocycles. The zero-order valence-corrected chi connectivity index (χ0v) is 30.6. The van der Waals surface area contributed by atoms with Crippen molar-refractivity contribution in [3.63, 3.8) is 0 Å². The van der Waals surface area contributed by atoms with Gasteiger partial charge in [0, 0.05) is 58.5 Å². The van der Waals surface area contributed by atoms with E-state index in [1.807, 2.05) is 0 Å². The first kappa shape index (κ1) is 30.7. The second-order valence-electron chi connectivity index (χ2n) is 15.3. The summed E-state index contributed by atoms with van der Waals surface area (Å²) >= 11 is 0. The fourth-order valence-electron chi connectivity index (χ4n) is 10.2. The van der Waals surface area contributed by atoms with E-state index < -0.39 is 0 Å². The van der Waals surface area contributed by atoms with E-state index in [4.69, 9.17) is 4.74 Å². The normalized spacial score (nSPS) is 17.6. The van der Waals surface area contributed by atoms with Crippen LogP contribution in [0.4, 0.5) is 11.4 Å². The lowest BCUT2D eigenvalue weighted by Gasteiger charge is -2.40. The largest absolute Gasteiger partial charge is 0.458 e. The van der Waals surface area contributed by atoms with E-state index in [0.29, 0.717) is 0 Å². The van der Waals surface area contributed by atoms with Crippen molar-refractivity contribution in [1.29, 1.82) is 0 Å². The molecule has 4 aliphatic rings. The molecular weight excluding hydrogens is 645 g/mol. The zero-order chi connectivity index (χ0) is 35.5. The predicted molar refractivity (Wildman–Crippen MR) is 222 cm³/mol. The molecule has 2 aromatic heterocycles. The van der Waals surface area contributed by atoms with Gasteiger partial charge in [0.05, 0.1) is 5.52 Å². The van der Waals surface area contributed by atoms with E-state index >= 15 is 0 Å². The molecule has 5 aromatic carbocycles. The van der Waals surface area contributed by atoms with Gasteiger partial charge in [-0.1, -0.05) is 78.9 Å². The van der Waals surface area contributed by atoms with Crippen molar-refractivity contribution in [2.75, 3.05) is 4.90 Å². The highest BCUT2D eigenvalue weighted by Crippen LogP contribution is 2.51.